The minimum Gasteiger partial charge on any atom is -0.389 e. The fourth-order valence-corrected chi connectivity index (χ4v) is 5.50. The first kappa shape index (κ1) is 9.04. The second-order valence-corrected chi connectivity index (χ2v) is 6.67. The van der Waals surface area contributed by atoms with Crippen LogP contribution in [0.25, 0.3) is 0 Å². The van der Waals surface area contributed by atoms with Gasteiger partial charge in [0.15, 0.2) is 0 Å². The number of rotatable bonds is 1. The lowest BCUT2D eigenvalue weighted by Gasteiger charge is -2.28. The summed E-state index contributed by atoms with van der Waals surface area (Å²) in [4.78, 5) is 0. The Hall–Kier alpha value is -0.0400. The Kier molecular flexibility index (Phi) is 1.68. The van der Waals surface area contributed by atoms with E-state index in [2.05, 4.69) is 0 Å². The van der Waals surface area contributed by atoms with Crippen LogP contribution in [0.15, 0.2) is 0 Å². The summed E-state index contributed by atoms with van der Waals surface area (Å²) < 4.78 is 0. The summed E-state index contributed by atoms with van der Waals surface area (Å²) in [6.45, 7) is 0. The molecule has 4 rings (SSSR count). The Labute approximate surface area is 92.3 Å². The quantitative estimate of drug-likeness (QED) is 0.699. The predicted molar refractivity (Wildman–Crippen MR) is 59.3 cm³/mol. The Bertz CT molecular complexity index is 273. The van der Waals surface area contributed by atoms with Crippen molar-refractivity contribution in [1.29, 1.82) is 0 Å². The SMILES string of the molecule is OC1(C2CC3CCC2C3)C2CCCCC21. The molecule has 1 heteroatoms. The molecule has 0 aromatic rings. The maximum atomic E-state index is 10.9. The average Bonchev–Trinajstić information content (AvgIpc) is 2.70. The molecule has 0 heterocycles. The van der Waals surface area contributed by atoms with E-state index in [9.17, 15) is 5.11 Å². The third kappa shape index (κ3) is 1.03. The van der Waals surface area contributed by atoms with Crippen molar-refractivity contribution in [2.75, 3.05) is 0 Å². The summed E-state index contributed by atoms with van der Waals surface area (Å²) in [5, 5.41) is 10.9. The Morgan fingerprint density at radius 1 is 0.800 bits per heavy atom. The molecule has 4 aliphatic carbocycles. The first-order chi connectivity index (χ1) is 7.30. The number of hydrogen-bond donors (Lipinski definition) is 1. The summed E-state index contributed by atoms with van der Waals surface area (Å²) >= 11 is 0. The van der Waals surface area contributed by atoms with Crippen LogP contribution in [-0.2, 0) is 0 Å². The standard InChI is InChI=1S/C14H22O/c15-14(11-3-1-2-4-12(11)14)13-8-9-5-6-10(13)7-9/h9-13,15H,1-8H2. The molecule has 0 aromatic heterocycles. The predicted octanol–water partition coefficient (Wildman–Crippen LogP) is 2.97. The highest BCUT2D eigenvalue weighted by Gasteiger charge is 2.69. The molecule has 0 saturated heterocycles. The van der Waals surface area contributed by atoms with Crippen molar-refractivity contribution < 1.29 is 5.11 Å². The number of aliphatic hydroxyl groups is 1. The number of fused-ring (bicyclic) bond motifs is 3. The van der Waals surface area contributed by atoms with Crippen molar-refractivity contribution in [1.82, 2.24) is 0 Å². The monoisotopic (exact) mass is 206 g/mol. The van der Waals surface area contributed by atoms with Gasteiger partial charge >= 0.3 is 0 Å². The third-order valence-corrected chi connectivity index (χ3v) is 6.18. The molecule has 4 fully saturated rings. The van der Waals surface area contributed by atoms with Crippen LogP contribution in [0.3, 0.4) is 0 Å². The second-order valence-electron chi connectivity index (χ2n) is 6.67. The van der Waals surface area contributed by atoms with Gasteiger partial charge in [0.2, 0.25) is 0 Å². The third-order valence-electron chi connectivity index (χ3n) is 6.18. The maximum Gasteiger partial charge on any atom is 0.0741 e. The van der Waals surface area contributed by atoms with E-state index in [0.717, 1.165) is 23.7 Å². The van der Waals surface area contributed by atoms with E-state index in [1.165, 1.54) is 51.4 Å². The Morgan fingerprint density at radius 3 is 2.07 bits per heavy atom. The minimum atomic E-state index is -0.170. The lowest BCUT2D eigenvalue weighted by atomic mass is 9.81. The smallest absolute Gasteiger partial charge is 0.0741 e. The van der Waals surface area contributed by atoms with Gasteiger partial charge < -0.3 is 5.11 Å². The van der Waals surface area contributed by atoms with Gasteiger partial charge in [-0.15, -0.1) is 0 Å². The van der Waals surface area contributed by atoms with Crippen LogP contribution < -0.4 is 0 Å². The van der Waals surface area contributed by atoms with Gasteiger partial charge in [0.25, 0.3) is 0 Å². The summed E-state index contributed by atoms with van der Waals surface area (Å²) in [7, 11) is 0. The summed E-state index contributed by atoms with van der Waals surface area (Å²) in [6.07, 6.45) is 11.1. The van der Waals surface area contributed by atoms with Gasteiger partial charge in [0, 0.05) is 0 Å². The second kappa shape index (κ2) is 2.80. The molecular weight excluding hydrogens is 184 g/mol. The Balaban J connectivity index is 1.58. The molecule has 0 spiro atoms. The van der Waals surface area contributed by atoms with E-state index in [1.807, 2.05) is 0 Å². The van der Waals surface area contributed by atoms with E-state index >= 15 is 0 Å². The van der Waals surface area contributed by atoms with Crippen molar-refractivity contribution >= 4 is 0 Å². The van der Waals surface area contributed by atoms with Crippen molar-refractivity contribution in [3.63, 3.8) is 0 Å². The molecule has 1 N–H and O–H groups in total. The minimum absolute atomic E-state index is 0.170. The summed E-state index contributed by atoms with van der Waals surface area (Å²) in [5.74, 6) is 4.05. The molecule has 15 heavy (non-hydrogen) atoms. The molecule has 5 unspecified atom stereocenters. The molecule has 0 amide bonds. The van der Waals surface area contributed by atoms with Gasteiger partial charge in [0.05, 0.1) is 5.60 Å². The van der Waals surface area contributed by atoms with Crippen LogP contribution >= 0.6 is 0 Å². The van der Waals surface area contributed by atoms with Crippen molar-refractivity contribution in [3.05, 3.63) is 0 Å². The van der Waals surface area contributed by atoms with E-state index in [4.69, 9.17) is 0 Å². The maximum absolute atomic E-state index is 10.9. The van der Waals surface area contributed by atoms with Gasteiger partial charge in [-0.25, -0.2) is 0 Å². The van der Waals surface area contributed by atoms with E-state index < -0.39 is 0 Å². The molecule has 4 aliphatic rings. The van der Waals surface area contributed by atoms with Crippen molar-refractivity contribution in [2.45, 2.75) is 57.0 Å². The van der Waals surface area contributed by atoms with Gasteiger partial charge in [-0.05, 0) is 61.7 Å². The average molecular weight is 206 g/mol. The molecule has 0 aromatic carbocycles. The molecule has 4 saturated carbocycles. The number of hydrogen-bond acceptors (Lipinski definition) is 1. The molecule has 0 aliphatic heterocycles. The fourth-order valence-electron chi connectivity index (χ4n) is 5.50. The van der Waals surface area contributed by atoms with Crippen LogP contribution in [0, 0.1) is 29.6 Å². The van der Waals surface area contributed by atoms with E-state index in [0.29, 0.717) is 5.92 Å². The first-order valence-electron chi connectivity index (χ1n) is 7.02. The lowest BCUT2D eigenvalue weighted by Crippen LogP contribution is -2.30. The highest BCUT2D eigenvalue weighted by atomic mass is 16.3. The van der Waals surface area contributed by atoms with Crippen LogP contribution in [0.4, 0.5) is 0 Å². The fraction of sp³-hybridized carbons (Fsp3) is 1.00. The van der Waals surface area contributed by atoms with Crippen LogP contribution in [-0.4, -0.2) is 10.7 Å². The molecular formula is C14H22O. The molecule has 1 nitrogen and oxygen atoms in total. The van der Waals surface area contributed by atoms with Gasteiger partial charge in [-0.2, -0.15) is 0 Å². The highest BCUT2D eigenvalue weighted by Crippen LogP contribution is 2.68. The van der Waals surface area contributed by atoms with Crippen LogP contribution in [0.2, 0.25) is 0 Å². The van der Waals surface area contributed by atoms with Crippen LogP contribution in [0.1, 0.15) is 51.4 Å². The van der Waals surface area contributed by atoms with E-state index in [1.54, 1.807) is 0 Å². The highest BCUT2D eigenvalue weighted by molar-refractivity contribution is 5.19. The van der Waals surface area contributed by atoms with Gasteiger partial charge in [-0.1, -0.05) is 19.3 Å². The van der Waals surface area contributed by atoms with Gasteiger partial charge in [-0.3, -0.25) is 0 Å². The largest absolute Gasteiger partial charge is 0.389 e. The first-order valence-corrected chi connectivity index (χ1v) is 7.02. The molecule has 5 atom stereocenters. The zero-order valence-electron chi connectivity index (χ0n) is 9.49. The van der Waals surface area contributed by atoms with Gasteiger partial charge in [0.1, 0.15) is 0 Å². The molecule has 0 radical (unpaired) electrons. The zero-order valence-corrected chi connectivity index (χ0v) is 9.49. The van der Waals surface area contributed by atoms with Crippen molar-refractivity contribution in [3.8, 4) is 0 Å². The summed E-state index contributed by atoms with van der Waals surface area (Å²) in [5.41, 5.74) is -0.170. The normalized spacial score (nSPS) is 61.8. The molecule has 2 bridgehead atoms. The lowest BCUT2D eigenvalue weighted by molar-refractivity contribution is 0.0253. The zero-order chi connectivity index (χ0) is 10.0. The summed E-state index contributed by atoms with van der Waals surface area (Å²) in [6, 6.07) is 0. The Morgan fingerprint density at radius 2 is 1.53 bits per heavy atom. The van der Waals surface area contributed by atoms with E-state index in [-0.39, 0.29) is 5.60 Å². The van der Waals surface area contributed by atoms with Crippen LogP contribution in [0.5, 0.6) is 0 Å². The topological polar surface area (TPSA) is 20.2 Å². The molecule has 84 valence electrons. The van der Waals surface area contributed by atoms with Crippen molar-refractivity contribution in [2.24, 2.45) is 29.6 Å².